The highest BCUT2D eigenvalue weighted by Gasteiger charge is 2.20. The van der Waals surface area contributed by atoms with E-state index in [1.54, 1.807) is 0 Å². The first-order chi connectivity index (χ1) is 8.93. The standard InChI is InChI=1S/C17H23NO/c1-12(18-5)15-10-11-16(19-15)13-8-6-7-9-14(13)17(2,3)4/h6-12,18H,1-5H3. The highest BCUT2D eigenvalue weighted by Crippen LogP contribution is 2.34. The predicted octanol–water partition coefficient (Wildman–Crippen LogP) is 4.52. The van der Waals surface area contributed by atoms with Gasteiger partial charge in [-0.15, -0.1) is 0 Å². The molecule has 0 saturated heterocycles. The third-order valence-corrected chi connectivity index (χ3v) is 3.49. The molecule has 0 fully saturated rings. The van der Waals surface area contributed by atoms with Gasteiger partial charge in [0.1, 0.15) is 11.5 Å². The smallest absolute Gasteiger partial charge is 0.134 e. The molecule has 1 atom stereocenters. The Morgan fingerprint density at radius 2 is 1.74 bits per heavy atom. The van der Waals surface area contributed by atoms with E-state index in [4.69, 9.17) is 4.42 Å². The van der Waals surface area contributed by atoms with E-state index < -0.39 is 0 Å². The summed E-state index contributed by atoms with van der Waals surface area (Å²) in [5.74, 6) is 1.92. The van der Waals surface area contributed by atoms with E-state index in [1.807, 2.05) is 7.05 Å². The van der Waals surface area contributed by atoms with Crippen LogP contribution in [0.4, 0.5) is 0 Å². The second kappa shape index (κ2) is 5.22. The second-order valence-corrected chi connectivity index (χ2v) is 6.01. The van der Waals surface area contributed by atoms with Crippen LogP contribution in [0.2, 0.25) is 0 Å². The molecule has 0 aliphatic rings. The summed E-state index contributed by atoms with van der Waals surface area (Å²) in [7, 11) is 1.94. The quantitative estimate of drug-likeness (QED) is 0.874. The highest BCUT2D eigenvalue weighted by molar-refractivity contribution is 5.64. The van der Waals surface area contributed by atoms with Gasteiger partial charge < -0.3 is 9.73 Å². The van der Waals surface area contributed by atoms with Gasteiger partial charge in [-0.05, 0) is 37.1 Å². The third-order valence-electron chi connectivity index (χ3n) is 3.49. The van der Waals surface area contributed by atoms with E-state index in [9.17, 15) is 0 Å². The van der Waals surface area contributed by atoms with Crippen LogP contribution in [0.15, 0.2) is 40.8 Å². The number of furan rings is 1. The number of hydrogen-bond acceptors (Lipinski definition) is 2. The second-order valence-electron chi connectivity index (χ2n) is 6.01. The first-order valence-corrected chi connectivity index (χ1v) is 6.80. The molecule has 1 N–H and O–H groups in total. The summed E-state index contributed by atoms with van der Waals surface area (Å²) in [4.78, 5) is 0. The van der Waals surface area contributed by atoms with Crippen molar-refractivity contribution in [3.63, 3.8) is 0 Å². The van der Waals surface area contributed by atoms with Crippen molar-refractivity contribution in [3.8, 4) is 11.3 Å². The fraction of sp³-hybridized carbons (Fsp3) is 0.412. The van der Waals surface area contributed by atoms with Crippen LogP contribution in [0.25, 0.3) is 11.3 Å². The molecule has 0 aliphatic carbocycles. The molecule has 0 bridgehead atoms. The number of rotatable bonds is 3. The first kappa shape index (κ1) is 13.9. The van der Waals surface area contributed by atoms with Gasteiger partial charge in [0.15, 0.2) is 0 Å². The fourth-order valence-corrected chi connectivity index (χ4v) is 2.22. The first-order valence-electron chi connectivity index (χ1n) is 6.80. The van der Waals surface area contributed by atoms with Crippen molar-refractivity contribution in [2.24, 2.45) is 0 Å². The Bertz CT molecular complexity index is 548. The maximum Gasteiger partial charge on any atom is 0.134 e. The zero-order valence-corrected chi connectivity index (χ0v) is 12.4. The van der Waals surface area contributed by atoms with Crippen molar-refractivity contribution < 1.29 is 4.42 Å². The van der Waals surface area contributed by atoms with Crippen molar-refractivity contribution >= 4 is 0 Å². The van der Waals surface area contributed by atoms with Gasteiger partial charge in [-0.1, -0.05) is 45.0 Å². The molecule has 2 heteroatoms. The largest absolute Gasteiger partial charge is 0.459 e. The van der Waals surface area contributed by atoms with Crippen molar-refractivity contribution in [1.29, 1.82) is 0 Å². The van der Waals surface area contributed by atoms with Crippen molar-refractivity contribution in [2.75, 3.05) is 7.05 Å². The third kappa shape index (κ3) is 2.90. The molecule has 0 amide bonds. The van der Waals surface area contributed by atoms with Crippen molar-refractivity contribution in [3.05, 3.63) is 47.7 Å². The summed E-state index contributed by atoms with van der Waals surface area (Å²) in [6, 6.07) is 12.8. The number of nitrogens with one attached hydrogen (secondary N) is 1. The van der Waals surface area contributed by atoms with Crippen LogP contribution in [0.3, 0.4) is 0 Å². The van der Waals surface area contributed by atoms with Gasteiger partial charge in [0.05, 0.1) is 6.04 Å². The van der Waals surface area contributed by atoms with Gasteiger partial charge in [-0.3, -0.25) is 0 Å². The lowest BCUT2D eigenvalue weighted by Gasteiger charge is -2.22. The van der Waals surface area contributed by atoms with Gasteiger partial charge in [-0.2, -0.15) is 0 Å². The Balaban J connectivity index is 2.45. The molecule has 0 saturated carbocycles. The zero-order valence-electron chi connectivity index (χ0n) is 12.4. The minimum Gasteiger partial charge on any atom is -0.459 e. The van der Waals surface area contributed by atoms with Crippen molar-refractivity contribution in [2.45, 2.75) is 39.2 Å². The lowest BCUT2D eigenvalue weighted by atomic mass is 9.83. The molecule has 0 aliphatic heterocycles. The van der Waals surface area contributed by atoms with Crippen LogP contribution >= 0.6 is 0 Å². The maximum absolute atomic E-state index is 6.00. The highest BCUT2D eigenvalue weighted by atomic mass is 16.3. The van der Waals surface area contributed by atoms with E-state index in [1.165, 1.54) is 11.1 Å². The molecule has 0 radical (unpaired) electrons. The van der Waals surface area contributed by atoms with E-state index in [0.717, 1.165) is 11.5 Å². The molecule has 1 unspecified atom stereocenters. The monoisotopic (exact) mass is 257 g/mol. The van der Waals surface area contributed by atoms with Crippen LogP contribution in [-0.2, 0) is 5.41 Å². The summed E-state index contributed by atoms with van der Waals surface area (Å²) >= 11 is 0. The van der Waals surface area contributed by atoms with Gasteiger partial charge in [0, 0.05) is 5.56 Å². The van der Waals surface area contributed by atoms with Crippen molar-refractivity contribution in [1.82, 2.24) is 5.32 Å². The van der Waals surface area contributed by atoms with Gasteiger partial charge >= 0.3 is 0 Å². The summed E-state index contributed by atoms with van der Waals surface area (Å²) in [6.07, 6.45) is 0. The molecule has 1 heterocycles. The molecule has 19 heavy (non-hydrogen) atoms. The molecule has 102 valence electrons. The minimum atomic E-state index is 0.109. The Morgan fingerprint density at radius 3 is 2.37 bits per heavy atom. The predicted molar refractivity (Wildman–Crippen MR) is 80.3 cm³/mol. The fourth-order valence-electron chi connectivity index (χ4n) is 2.22. The van der Waals surface area contributed by atoms with E-state index >= 15 is 0 Å². The molecule has 1 aromatic carbocycles. The Morgan fingerprint density at radius 1 is 1.05 bits per heavy atom. The van der Waals surface area contributed by atoms with Gasteiger partial charge in [0.25, 0.3) is 0 Å². The Labute approximate surface area is 115 Å². The summed E-state index contributed by atoms with van der Waals surface area (Å²) in [5.41, 5.74) is 2.61. The molecule has 2 rings (SSSR count). The SMILES string of the molecule is CNC(C)c1ccc(-c2ccccc2C(C)(C)C)o1. The number of hydrogen-bond donors (Lipinski definition) is 1. The molecular formula is C17H23NO. The van der Waals surface area contributed by atoms with Crippen LogP contribution in [0.1, 0.15) is 45.1 Å². The number of benzene rings is 1. The summed E-state index contributed by atoms with van der Waals surface area (Å²) < 4.78 is 6.00. The normalized spacial score (nSPS) is 13.5. The van der Waals surface area contributed by atoms with Crippen LogP contribution in [-0.4, -0.2) is 7.05 Å². The Hall–Kier alpha value is -1.54. The van der Waals surface area contributed by atoms with Gasteiger partial charge in [0.2, 0.25) is 0 Å². The molecule has 0 spiro atoms. The molecular weight excluding hydrogens is 234 g/mol. The van der Waals surface area contributed by atoms with Crippen LogP contribution in [0.5, 0.6) is 0 Å². The lowest BCUT2D eigenvalue weighted by molar-refractivity contribution is 0.457. The topological polar surface area (TPSA) is 25.2 Å². The summed E-state index contributed by atoms with van der Waals surface area (Å²) in [6.45, 7) is 8.78. The zero-order chi connectivity index (χ0) is 14.0. The molecule has 2 nitrogen and oxygen atoms in total. The van der Waals surface area contributed by atoms with Crippen LogP contribution in [0, 0.1) is 0 Å². The van der Waals surface area contributed by atoms with E-state index in [0.29, 0.717) is 0 Å². The lowest BCUT2D eigenvalue weighted by Crippen LogP contribution is -2.12. The van der Waals surface area contributed by atoms with E-state index in [2.05, 4.69) is 69.4 Å². The summed E-state index contributed by atoms with van der Waals surface area (Å²) in [5, 5.41) is 3.20. The van der Waals surface area contributed by atoms with Crippen LogP contribution < -0.4 is 5.32 Å². The molecule has 1 aromatic heterocycles. The minimum absolute atomic E-state index is 0.109. The maximum atomic E-state index is 6.00. The van der Waals surface area contributed by atoms with Gasteiger partial charge in [-0.25, -0.2) is 0 Å². The average Bonchev–Trinajstić information content (AvgIpc) is 2.86. The Kier molecular flexibility index (Phi) is 3.81. The van der Waals surface area contributed by atoms with E-state index in [-0.39, 0.29) is 11.5 Å². The average molecular weight is 257 g/mol. The molecule has 2 aromatic rings.